The fourth-order valence-electron chi connectivity index (χ4n) is 3.56. The van der Waals surface area contributed by atoms with Crippen LogP contribution in [0.5, 0.6) is 0 Å². The van der Waals surface area contributed by atoms with Gasteiger partial charge in [0.05, 0.1) is 16.8 Å². The number of amides is 1. The number of carbonyl (C=O) groups excluding carboxylic acids is 1. The van der Waals surface area contributed by atoms with Gasteiger partial charge in [0.1, 0.15) is 0 Å². The van der Waals surface area contributed by atoms with E-state index in [0.29, 0.717) is 17.8 Å². The van der Waals surface area contributed by atoms with E-state index in [1.54, 1.807) is 0 Å². The molecule has 1 aliphatic carbocycles. The van der Waals surface area contributed by atoms with Crippen LogP contribution in [0.3, 0.4) is 0 Å². The predicted molar refractivity (Wildman–Crippen MR) is 118 cm³/mol. The molecule has 1 fully saturated rings. The fourth-order valence-corrected chi connectivity index (χ4v) is 3.56. The Morgan fingerprint density at radius 3 is 2.24 bits per heavy atom. The molecule has 1 saturated carbocycles. The standard InChI is InChI=1S/C13H10F3N3O2.C10H19NO/c1-7-10(13(14,15)16)6-17-12(18-7)19-9-4-2-8(3-5-9)11(20)21;1-7(2)11-10(12)9-6-4-5-8(9)3/h2-6H,1H3,(H,20,21)(H,17,18,19);7-9H,4-6H2,1-3H3,(H,11,12)/t;8-,9?/m.1/s1. The van der Waals surface area contributed by atoms with Gasteiger partial charge in [-0.05, 0) is 63.8 Å². The fraction of sp³-hybridized carbons (Fsp3) is 0.478. The SMILES string of the molecule is CC(C)NC(=O)C1CCC[C@H]1C.Cc1nc(Nc2ccc(C(=O)O)cc2)ncc1C(F)(F)F. The van der Waals surface area contributed by atoms with Crippen molar-refractivity contribution in [3.05, 3.63) is 47.3 Å². The van der Waals surface area contributed by atoms with Crippen molar-refractivity contribution in [1.29, 1.82) is 0 Å². The third-order valence-corrected chi connectivity index (χ3v) is 5.30. The highest BCUT2D eigenvalue weighted by molar-refractivity contribution is 5.88. The van der Waals surface area contributed by atoms with E-state index in [1.165, 1.54) is 44.0 Å². The van der Waals surface area contributed by atoms with Gasteiger partial charge in [0, 0.05) is 23.8 Å². The van der Waals surface area contributed by atoms with Gasteiger partial charge >= 0.3 is 12.1 Å². The molecule has 1 aromatic carbocycles. The first kappa shape index (κ1) is 26.1. The van der Waals surface area contributed by atoms with Gasteiger partial charge in [0.2, 0.25) is 11.9 Å². The quantitative estimate of drug-likeness (QED) is 0.560. The molecule has 2 aromatic rings. The molecule has 1 heterocycles. The van der Waals surface area contributed by atoms with E-state index in [9.17, 15) is 22.8 Å². The summed E-state index contributed by atoms with van der Waals surface area (Å²) in [6.07, 6.45) is -0.269. The number of aryl methyl sites for hydroxylation is 1. The third-order valence-electron chi connectivity index (χ3n) is 5.30. The number of carboxylic acid groups (broad SMARTS) is 1. The molecule has 10 heteroatoms. The van der Waals surface area contributed by atoms with E-state index < -0.39 is 17.7 Å². The van der Waals surface area contributed by atoms with Gasteiger partial charge in [-0.2, -0.15) is 13.2 Å². The number of hydrogen-bond acceptors (Lipinski definition) is 5. The van der Waals surface area contributed by atoms with Crippen LogP contribution in [-0.2, 0) is 11.0 Å². The van der Waals surface area contributed by atoms with E-state index in [2.05, 4.69) is 27.5 Å². The Kier molecular flexibility index (Phi) is 8.78. The van der Waals surface area contributed by atoms with Gasteiger partial charge in [-0.3, -0.25) is 4.79 Å². The Balaban J connectivity index is 0.000000273. The number of halogens is 3. The molecule has 180 valence electrons. The minimum Gasteiger partial charge on any atom is -0.478 e. The molecule has 3 N–H and O–H groups in total. The highest BCUT2D eigenvalue weighted by Gasteiger charge is 2.33. The topological polar surface area (TPSA) is 104 Å². The van der Waals surface area contributed by atoms with E-state index in [0.717, 1.165) is 6.42 Å². The number of alkyl halides is 3. The Bertz CT molecular complexity index is 962. The van der Waals surface area contributed by atoms with Crippen LogP contribution in [0.2, 0.25) is 0 Å². The summed E-state index contributed by atoms with van der Waals surface area (Å²) in [4.78, 5) is 29.6. The zero-order valence-corrected chi connectivity index (χ0v) is 19.0. The molecule has 2 atom stereocenters. The second-order valence-electron chi connectivity index (χ2n) is 8.38. The van der Waals surface area contributed by atoms with Gasteiger partial charge in [-0.25, -0.2) is 14.8 Å². The molecular formula is C23H29F3N4O3. The van der Waals surface area contributed by atoms with Crippen molar-refractivity contribution < 1.29 is 27.9 Å². The summed E-state index contributed by atoms with van der Waals surface area (Å²) in [6, 6.07) is 5.95. The minimum atomic E-state index is -4.49. The van der Waals surface area contributed by atoms with Gasteiger partial charge in [0.15, 0.2) is 0 Å². The number of nitrogens with one attached hydrogen (secondary N) is 2. The summed E-state index contributed by atoms with van der Waals surface area (Å²) in [5, 5.41) is 14.4. The maximum absolute atomic E-state index is 12.6. The molecule has 0 bridgehead atoms. The van der Waals surface area contributed by atoms with Crippen molar-refractivity contribution in [3.8, 4) is 0 Å². The number of carbonyl (C=O) groups is 2. The van der Waals surface area contributed by atoms with Gasteiger partial charge in [-0.15, -0.1) is 0 Å². The molecule has 0 aliphatic heterocycles. The van der Waals surface area contributed by atoms with Crippen molar-refractivity contribution in [1.82, 2.24) is 15.3 Å². The first-order valence-corrected chi connectivity index (χ1v) is 10.7. The van der Waals surface area contributed by atoms with Crippen molar-refractivity contribution in [2.75, 3.05) is 5.32 Å². The monoisotopic (exact) mass is 466 g/mol. The van der Waals surface area contributed by atoms with E-state index >= 15 is 0 Å². The molecule has 1 aliphatic rings. The number of benzene rings is 1. The van der Waals surface area contributed by atoms with Gasteiger partial charge in [-0.1, -0.05) is 13.3 Å². The molecule has 7 nitrogen and oxygen atoms in total. The van der Waals surface area contributed by atoms with E-state index in [-0.39, 0.29) is 35.1 Å². The normalized spacial score (nSPS) is 17.8. The number of aromatic carboxylic acids is 1. The maximum Gasteiger partial charge on any atom is 0.419 e. The number of anilines is 2. The maximum atomic E-state index is 12.6. The minimum absolute atomic E-state index is 0.00331. The second kappa shape index (κ2) is 11.1. The Labute approximate surface area is 190 Å². The summed E-state index contributed by atoms with van der Waals surface area (Å²) in [5.41, 5.74) is -0.513. The van der Waals surface area contributed by atoms with Crippen LogP contribution in [0.4, 0.5) is 24.8 Å². The molecular weight excluding hydrogens is 437 g/mol. The predicted octanol–water partition coefficient (Wildman–Crippen LogP) is 5.19. The van der Waals surface area contributed by atoms with E-state index in [4.69, 9.17) is 5.11 Å². The lowest BCUT2D eigenvalue weighted by Crippen LogP contribution is -2.36. The molecule has 0 spiro atoms. The van der Waals surface area contributed by atoms with Crippen molar-refractivity contribution >= 4 is 23.5 Å². The third kappa shape index (κ3) is 7.73. The average molecular weight is 467 g/mol. The van der Waals surface area contributed by atoms with Crippen LogP contribution in [0.15, 0.2) is 30.5 Å². The second-order valence-corrected chi connectivity index (χ2v) is 8.38. The summed E-state index contributed by atoms with van der Waals surface area (Å²) in [5.74, 6) is 0.0675. The summed E-state index contributed by atoms with van der Waals surface area (Å²) in [7, 11) is 0. The Morgan fingerprint density at radius 2 is 1.79 bits per heavy atom. The number of aromatic nitrogens is 2. The van der Waals surface area contributed by atoms with Gasteiger partial charge < -0.3 is 15.7 Å². The Morgan fingerprint density at radius 1 is 1.15 bits per heavy atom. The summed E-state index contributed by atoms with van der Waals surface area (Å²) >= 11 is 0. The van der Waals surface area contributed by atoms with Crippen LogP contribution >= 0.6 is 0 Å². The number of nitrogens with zero attached hydrogens (tertiary/aromatic N) is 2. The molecule has 3 rings (SSSR count). The van der Waals surface area contributed by atoms with Crippen LogP contribution in [0.1, 0.15) is 61.6 Å². The lowest BCUT2D eigenvalue weighted by atomic mass is 9.97. The van der Waals surface area contributed by atoms with Crippen LogP contribution in [-0.4, -0.2) is 33.0 Å². The summed E-state index contributed by atoms with van der Waals surface area (Å²) < 4.78 is 37.7. The van der Waals surface area contributed by atoms with E-state index in [1.807, 2.05) is 13.8 Å². The number of hydrogen-bond donors (Lipinski definition) is 3. The van der Waals surface area contributed by atoms with Crippen LogP contribution < -0.4 is 10.6 Å². The van der Waals surface area contributed by atoms with Crippen LogP contribution in [0.25, 0.3) is 0 Å². The molecule has 0 radical (unpaired) electrons. The largest absolute Gasteiger partial charge is 0.478 e. The molecule has 1 unspecified atom stereocenters. The molecule has 33 heavy (non-hydrogen) atoms. The number of rotatable bonds is 5. The van der Waals surface area contributed by atoms with Crippen molar-refractivity contribution in [3.63, 3.8) is 0 Å². The first-order chi connectivity index (χ1) is 15.4. The van der Waals surface area contributed by atoms with Crippen molar-refractivity contribution in [2.45, 2.75) is 59.2 Å². The first-order valence-electron chi connectivity index (χ1n) is 10.7. The highest BCUT2D eigenvalue weighted by Crippen LogP contribution is 2.32. The average Bonchev–Trinajstić information content (AvgIpc) is 3.13. The lowest BCUT2D eigenvalue weighted by molar-refractivity contribution is -0.138. The zero-order chi connectivity index (χ0) is 24.8. The smallest absolute Gasteiger partial charge is 0.419 e. The Hall–Kier alpha value is -3.17. The highest BCUT2D eigenvalue weighted by atomic mass is 19.4. The molecule has 1 aromatic heterocycles. The van der Waals surface area contributed by atoms with Gasteiger partial charge in [0.25, 0.3) is 0 Å². The zero-order valence-electron chi connectivity index (χ0n) is 19.0. The van der Waals surface area contributed by atoms with Crippen molar-refractivity contribution in [2.24, 2.45) is 11.8 Å². The lowest BCUT2D eigenvalue weighted by Gasteiger charge is -2.16. The summed E-state index contributed by atoms with van der Waals surface area (Å²) in [6.45, 7) is 7.44. The number of carboxylic acids is 1. The molecule has 0 saturated heterocycles. The molecule has 1 amide bonds. The van der Waals surface area contributed by atoms with Crippen LogP contribution in [0, 0.1) is 18.8 Å².